The summed E-state index contributed by atoms with van der Waals surface area (Å²) >= 11 is 0. The molecule has 0 aliphatic carbocycles. The monoisotopic (exact) mass is 385 g/mol. The smallest absolute Gasteiger partial charge is 0.383 e. The number of aromatic nitrogens is 1. The van der Waals surface area contributed by atoms with Gasteiger partial charge in [0.05, 0.1) is 12.2 Å². The molecule has 0 saturated carbocycles. The topological polar surface area (TPSA) is 62.7 Å². The minimum absolute atomic E-state index is 0.0612. The van der Waals surface area contributed by atoms with Crippen molar-refractivity contribution in [2.24, 2.45) is 0 Å². The van der Waals surface area contributed by atoms with Gasteiger partial charge in [-0.3, -0.25) is 14.6 Å². The quantitative estimate of drug-likeness (QED) is 0.798. The van der Waals surface area contributed by atoms with Gasteiger partial charge >= 0.3 is 6.18 Å². The van der Waals surface area contributed by atoms with Crippen molar-refractivity contribution in [2.45, 2.75) is 37.4 Å². The molecule has 0 bridgehead atoms. The SMILES string of the molecule is COCCN1CCCC2(CCCN2C(=O)c2ccc(C(F)(F)F)nc2)C1=O. The van der Waals surface area contributed by atoms with Gasteiger partial charge in [-0.25, -0.2) is 0 Å². The van der Waals surface area contributed by atoms with Crippen LogP contribution in [-0.2, 0) is 15.7 Å². The molecule has 27 heavy (non-hydrogen) atoms. The number of carbonyl (C=O) groups is 2. The number of carbonyl (C=O) groups excluding carboxylic acids is 2. The standard InChI is InChI=1S/C18H22F3N3O3/c1-27-11-10-23-8-2-6-17(16(23)26)7-3-9-24(17)15(25)13-4-5-14(22-12-13)18(19,20)21/h4-5,12H,2-3,6-11H2,1H3. The maximum atomic E-state index is 13.1. The first-order valence-electron chi connectivity index (χ1n) is 8.93. The van der Waals surface area contributed by atoms with E-state index in [1.54, 1.807) is 12.0 Å². The van der Waals surface area contributed by atoms with Gasteiger partial charge in [0.15, 0.2) is 0 Å². The van der Waals surface area contributed by atoms with Crippen molar-refractivity contribution >= 4 is 11.8 Å². The number of halogens is 3. The second kappa shape index (κ2) is 7.46. The highest BCUT2D eigenvalue weighted by molar-refractivity contribution is 5.99. The average molecular weight is 385 g/mol. The van der Waals surface area contributed by atoms with Crippen molar-refractivity contribution in [2.75, 3.05) is 33.4 Å². The van der Waals surface area contributed by atoms with E-state index in [1.165, 1.54) is 4.90 Å². The third kappa shape index (κ3) is 3.65. The molecule has 2 aliphatic rings. The van der Waals surface area contributed by atoms with Crippen LogP contribution >= 0.6 is 0 Å². The zero-order valence-electron chi connectivity index (χ0n) is 15.1. The molecule has 9 heteroatoms. The Morgan fingerprint density at radius 3 is 2.56 bits per heavy atom. The minimum Gasteiger partial charge on any atom is -0.383 e. The summed E-state index contributed by atoms with van der Waals surface area (Å²) in [6.07, 6.45) is -1.04. The normalized spacial score (nSPS) is 23.3. The minimum atomic E-state index is -4.56. The summed E-state index contributed by atoms with van der Waals surface area (Å²) in [5, 5.41) is 0. The molecule has 2 amide bonds. The first-order valence-corrected chi connectivity index (χ1v) is 8.93. The van der Waals surface area contributed by atoms with Crippen molar-refractivity contribution < 1.29 is 27.5 Å². The number of likely N-dealkylation sites (tertiary alicyclic amines) is 2. The third-order valence-corrected chi connectivity index (χ3v) is 5.30. The van der Waals surface area contributed by atoms with E-state index < -0.39 is 23.3 Å². The van der Waals surface area contributed by atoms with E-state index in [-0.39, 0.29) is 11.5 Å². The largest absolute Gasteiger partial charge is 0.433 e. The molecule has 2 saturated heterocycles. The maximum Gasteiger partial charge on any atom is 0.433 e. The lowest BCUT2D eigenvalue weighted by Gasteiger charge is -2.44. The van der Waals surface area contributed by atoms with E-state index in [0.29, 0.717) is 45.5 Å². The summed E-state index contributed by atoms with van der Waals surface area (Å²) in [5.74, 6) is -0.549. The van der Waals surface area contributed by atoms with E-state index in [4.69, 9.17) is 4.74 Å². The highest BCUT2D eigenvalue weighted by atomic mass is 19.4. The Morgan fingerprint density at radius 2 is 1.96 bits per heavy atom. The summed E-state index contributed by atoms with van der Waals surface area (Å²) in [4.78, 5) is 32.7. The van der Waals surface area contributed by atoms with E-state index in [0.717, 1.165) is 24.8 Å². The van der Waals surface area contributed by atoms with Crippen LogP contribution in [0.3, 0.4) is 0 Å². The third-order valence-electron chi connectivity index (χ3n) is 5.30. The van der Waals surface area contributed by atoms with E-state index in [1.807, 2.05) is 0 Å². The van der Waals surface area contributed by atoms with Crippen molar-refractivity contribution in [1.82, 2.24) is 14.8 Å². The highest BCUT2D eigenvalue weighted by Crippen LogP contribution is 2.39. The van der Waals surface area contributed by atoms with Crippen molar-refractivity contribution in [3.8, 4) is 0 Å². The van der Waals surface area contributed by atoms with Crippen molar-refractivity contribution in [1.29, 1.82) is 0 Å². The maximum absolute atomic E-state index is 13.1. The molecule has 1 aromatic heterocycles. The lowest BCUT2D eigenvalue weighted by atomic mass is 9.85. The Hall–Kier alpha value is -2.16. The van der Waals surface area contributed by atoms with Gasteiger partial charge in [0.2, 0.25) is 5.91 Å². The molecule has 1 unspecified atom stereocenters. The number of hydrogen-bond acceptors (Lipinski definition) is 4. The van der Waals surface area contributed by atoms with Gasteiger partial charge in [-0.05, 0) is 37.8 Å². The number of nitrogens with zero attached hydrogens (tertiary/aromatic N) is 3. The molecule has 2 aliphatic heterocycles. The van der Waals surface area contributed by atoms with Gasteiger partial charge in [-0.1, -0.05) is 0 Å². The van der Waals surface area contributed by atoms with Gasteiger partial charge < -0.3 is 14.5 Å². The summed E-state index contributed by atoms with van der Waals surface area (Å²) in [7, 11) is 1.56. The van der Waals surface area contributed by atoms with E-state index >= 15 is 0 Å². The highest BCUT2D eigenvalue weighted by Gasteiger charge is 2.52. The molecule has 3 rings (SSSR count). The first-order chi connectivity index (χ1) is 12.8. The molecular weight excluding hydrogens is 363 g/mol. The number of piperidine rings is 1. The van der Waals surface area contributed by atoms with Crippen LogP contribution in [0.25, 0.3) is 0 Å². The number of alkyl halides is 3. The summed E-state index contributed by atoms with van der Waals surface area (Å²) in [5.41, 5.74) is -1.90. The molecule has 0 N–H and O–H groups in total. The van der Waals surface area contributed by atoms with Crippen LogP contribution < -0.4 is 0 Å². The van der Waals surface area contributed by atoms with Crippen LogP contribution in [0, 0.1) is 0 Å². The molecule has 2 fully saturated rings. The molecule has 1 aromatic rings. The fourth-order valence-corrected chi connectivity index (χ4v) is 3.98. The predicted octanol–water partition coefficient (Wildman–Crippen LogP) is 2.34. The Balaban J connectivity index is 1.82. The van der Waals surface area contributed by atoms with Gasteiger partial charge in [0.25, 0.3) is 5.91 Å². The summed E-state index contributed by atoms with van der Waals surface area (Å²) < 4.78 is 43.1. The number of amides is 2. The summed E-state index contributed by atoms with van der Waals surface area (Å²) in [6.45, 7) is 1.90. The van der Waals surface area contributed by atoms with Crippen LogP contribution in [-0.4, -0.2) is 65.5 Å². The lowest BCUT2D eigenvalue weighted by Crippen LogP contribution is -2.61. The number of methoxy groups -OCH3 is 1. The summed E-state index contributed by atoms with van der Waals surface area (Å²) in [6, 6.07) is 1.92. The molecule has 148 valence electrons. The Labute approximate surface area is 155 Å². The van der Waals surface area contributed by atoms with Gasteiger partial charge in [0.1, 0.15) is 11.2 Å². The van der Waals surface area contributed by atoms with Crippen LogP contribution in [0.1, 0.15) is 41.7 Å². The molecular formula is C18H22F3N3O3. The predicted molar refractivity (Wildman–Crippen MR) is 89.9 cm³/mol. The van der Waals surface area contributed by atoms with E-state index in [2.05, 4.69) is 4.98 Å². The molecule has 0 radical (unpaired) electrons. The zero-order chi connectivity index (χ0) is 19.7. The number of pyridine rings is 1. The van der Waals surface area contributed by atoms with Gasteiger partial charge in [0, 0.05) is 32.9 Å². The Morgan fingerprint density at radius 1 is 1.26 bits per heavy atom. The van der Waals surface area contributed by atoms with Crippen LogP contribution in [0.2, 0.25) is 0 Å². The molecule has 1 atom stereocenters. The van der Waals surface area contributed by atoms with Crippen LogP contribution in [0.5, 0.6) is 0 Å². The van der Waals surface area contributed by atoms with E-state index in [9.17, 15) is 22.8 Å². The fraction of sp³-hybridized carbons (Fsp3) is 0.611. The lowest BCUT2D eigenvalue weighted by molar-refractivity contribution is -0.146. The second-order valence-corrected chi connectivity index (χ2v) is 6.91. The van der Waals surface area contributed by atoms with Crippen LogP contribution in [0.15, 0.2) is 18.3 Å². The second-order valence-electron chi connectivity index (χ2n) is 6.91. The first kappa shape index (κ1) is 19.6. The van der Waals surface area contributed by atoms with Crippen molar-refractivity contribution in [3.63, 3.8) is 0 Å². The molecule has 1 spiro atoms. The average Bonchev–Trinajstić information content (AvgIpc) is 3.06. The number of hydrogen-bond donors (Lipinski definition) is 0. The van der Waals surface area contributed by atoms with Gasteiger partial charge in [-0.2, -0.15) is 13.2 Å². The van der Waals surface area contributed by atoms with Gasteiger partial charge in [-0.15, -0.1) is 0 Å². The molecule has 0 aromatic carbocycles. The Bertz CT molecular complexity index is 708. The molecule has 3 heterocycles. The number of ether oxygens (including phenoxy) is 1. The molecule has 6 nitrogen and oxygen atoms in total. The Kier molecular flexibility index (Phi) is 5.41. The fourth-order valence-electron chi connectivity index (χ4n) is 3.98. The van der Waals surface area contributed by atoms with Crippen molar-refractivity contribution in [3.05, 3.63) is 29.6 Å². The zero-order valence-corrected chi connectivity index (χ0v) is 15.1. The van der Waals surface area contributed by atoms with Crippen LogP contribution in [0.4, 0.5) is 13.2 Å². The number of rotatable bonds is 4.